The summed E-state index contributed by atoms with van der Waals surface area (Å²) in [4.78, 5) is 11.8. The van der Waals surface area contributed by atoms with Gasteiger partial charge in [-0.1, -0.05) is 18.9 Å². The average Bonchev–Trinajstić information content (AvgIpc) is 2.46. The summed E-state index contributed by atoms with van der Waals surface area (Å²) >= 11 is 4.03. The van der Waals surface area contributed by atoms with E-state index >= 15 is 0 Å². The molecule has 0 spiro atoms. The van der Waals surface area contributed by atoms with Gasteiger partial charge in [0, 0.05) is 6.04 Å². The number of carbonyl (C=O) groups excluding carboxylic acids is 1. The molecule has 0 aliphatic heterocycles. The first-order valence-electron chi connectivity index (χ1n) is 6.67. The maximum atomic E-state index is 11.8. The standard InChI is InChI=1S/C14H20N2O3S/c1-19-13-5-3-10-2-4-12(8-11(10)9-13)15-14(18)16(20)6-7-17/h3,5,9,12,17,20H,2,4,6-8H2,1H3,(H,15,18). The molecule has 20 heavy (non-hydrogen) atoms. The minimum absolute atomic E-state index is 0.0930. The molecule has 0 aromatic heterocycles. The molecule has 0 saturated heterocycles. The SMILES string of the molecule is COc1ccc2c(c1)CC(NC(=O)N(S)CCO)CC2. The number of amides is 2. The van der Waals surface area contributed by atoms with Gasteiger partial charge in [0.05, 0.1) is 20.3 Å². The van der Waals surface area contributed by atoms with E-state index in [9.17, 15) is 4.79 Å². The van der Waals surface area contributed by atoms with Gasteiger partial charge in [0.15, 0.2) is 0 Å². The lowest BCUT2D eigenvalue weighted by atomic mass is 9.88. The number of ether oxygens (including phenoxy) is 1. The number of urea groups is 1. The van der Waals surface area contributed by atoms with Gasteiger partial charge in [-0.05, 0) is 42.5 Å². The van der Waals surface area contributed by atoms with Crippen molar-refractivity contribution >= 4 is 18.8 Å². The van der Waals surface area contributed by atoms with Gasteiger partial charge in [0.2, 0.25) is 0 Å². The van der Waals surface area contributed by atoms with Crippen molar-refractivity contribution in [1.29, 1.82) is 0 Å². The molecule has 2 rings (SSSR count). The Kier molecular flexibility index (Phi) is 5.14. The van der Waals surface area contributed by atoms with Crippen LogP contribution in [0.3, 0.4) is 0 Å². The van der Waals surface area contributed by atoms with E-state index in [0.717, 1.165) is 25.0 Å². The number of aliphatic hydroxyl groups is 1. The van der Waals surface area contributed by atoms with Crippen LogP contribution in [0.5, 0.6) is 5.75 Å². The van der Waals surface area contributed by atoms with Crippen LogP contribution >= 0.6 is 12.8 Å². The topological polar surface area (TPSA) is 61.8 Å². The summed E-state index contributed by atoms with van der Waals surface area (Å²) in [5.41, 5.74) is 2.53. The highest BCUT2D eigenvalue weighted by Gasteiger charge is 2.22. The Morgan fingerprint density at radius 1 is 1.55 bits per heavy atom. The number of rotatable bonds is 4. The van der Waals surface area contributed by atoms with Gasteiger partial charge in [-0.25, -0.2) is 4.79 Å². The van der Waals surface area contributed by atoms with Gasteiger partial charge >= 0.3 is 6.03 Å². The van der Waals surface area contributed by atoms with E-state index in [1.54, 1.807) is 7.11 Å². The van der Waals surface area contributed by atoms with Gasteiger partial charge in [0.1, 0.15) is 5.75 Å². The van der Waals surface area contributed by atoms with Crippen molar-refractivity contribution in [2.45, 2.75) is 25.3 Å². The third-order valence-corrected chi connectivity index (χ3v) is 3.90. The highest BCUT2D eigenvalue weighted by Crippen LogP contribution is 2.25. The summed E-state index contributed by atoms with van der Waals surface area (Å²) < 4.78 is 6.43. The lowest BCUT2D eigenvalue weighted by Gasteiger charge is -2.27. The van der Waals surface area contributed by atoms with Crippen LogP contribution in [0.2, 0.25) is 0 Å². The van der Waals surface area contributed by atoms with Gasteiger partial charge in [0.25, 0.3) is 0 Å². The van der Waals surface area contributed by atoms with Crippen LogP contribution in [0.1, 0.15) is 17.5 Å². The predicted molar refractivity (Wildman–Crippen MR) is 80.1 cm³/mol. The molecule has 2 amide bonds. The molecule has 1 aliphatic rings. The van der Waals surface area contributed by atoms with Crippen molar-refractivity contribution in [3.63, 3.8) is 0 Å². The molecule has 0 bridgehead atoms. The molecular formula is C14H20N2O3S. The van der Waals surface area contributed by atoms with Crippen molar-refractivity contribution in [2.75, 3.05) is 20.3 Å². The fourth-order valence-electron chi connectivity index (χ4n) is 2.43. The lowest BCUT2D eigenvalue weighted by Crippen LogP contribution is -2.44. The van der Waals surface area contributed by atoms with Crippen molar-refractivity contribution in [3.8, 4) is 5.75 Å². The number of aliphatic hydroxyl groups excluding tert-OH is 1. The van der Waals surface area contributed by atoms with Gasteiger partial charge in [-0.2, -0.15) is 0 Å². The van der Waals surface area contributed by atoms with Crippen LogP contribution in [0.25, 0.3) is 0 Å². The summed E-state index contributed by atoms with van der Waals surface area (Å²) in [6.45, 7) is 0.119. The quantitative estimate of drug-likeness (QED) is 0.736. The van der Waals surface area contributed by atoms with Crippen LogP contribution in [-0.2, 0) is 12.8 Å². The molecule has 5 nitrogen and oxygen atoms in total. The number of hydrogen-bond acceptors (Lipinski definition) is 4. The molecule has 1 aliphatic carbocycles. The molecule has 110 valence electrons. The molecule has 1 aromatic carbocycles. The van der Waals surface area contributed by atoms with Crippen molar-refractivity contribution in [1.82, 2.24) is 9.62 Å². The number of thiol groups is 1. The Hall–Kier alpha value is -1.40. The van der Waals surface area contributed by atoms with E-state index in [1.165, 1.54) is 15.4 Å². The summed E-state index contributed by atoms with van der Waals surface area (Å²) in [6, 6.07) is 5.91. The Labute approximate surface area is 124 Å². The van der Waals surface area contributed by atoms with Crippen LogP contribution in [0.4, 0.5) is 4.79 Å². The van der Waals surface area contributed by atoms with E-state index in [2.05, 4.69) is 24.2 Å². The van der Waals surface area contributed by atoms with Crippen LogP contribution in [0.15, 0.2) is 18.2 Å². The molecule has 0 heterocycles. The molecule has 2 N–H and O–H groups in total. The Morgan fingerprint density at radius 2 is 2.35 bits per heavy atom. The summed E-state index contributed by atoms with van der Waals surface area (Å²) in [6.07, 6.45) is 2.64. The Bertz CT molecular complexity index is 481. The third-order valence-electron chi connectivity index (χ3n) is 3.52. The second kappa shape index (κ2) is 6.85. The molecular weight excluding hydrogens is 276 g/mol. The summed E-state index contributed by atoms with van der Waals surface area (Å²) in [5, 5.41) is 11.7. The zero-order valence-corrected chi connectivity index (χ0v) is 12.4. The van der Waals surface area contributed by atoms with E-state index in [-0.39, 0.29) is 25.2 Å². The van der Waals surface area contributed by atoms with E-state index in [0.29, 0.717) is 0 Å². The first-order valence-corrected chi connectivity index (χ1v) is 7.07. The lowest BCUT2D eigenvalue weighted by molar-refractivity contribution is 0.209. The molecule has 6 heteroatoms. The third kappa shape index (κ3) is 3.58. The van der Waals surface area contributed by atoms with Crippen LogP contribution in [-0.4, -0.2) is 41.7 Å². The fraction of sp³-hybridized carbons (Fsp3) is 0.500. The minimum atomic E-state index is -0.265. The maximum absolute atomic E-state index is 11.8. The number of aryl methyl sites for hydroxylation is 1. The Balaban J connectivity index is 1.98. The summed E-state index contributed by atoms with van der Waals surface area (Å²) in [7, 11) is 1.65. The highest BCUT2D eigenvalue weighted by atomic mass is 32.1. The Morgan fingerprint density at radius 3 is 3.05 bits per heavy atom. The molecule has 1 atom stereocenters. The monoisotopic (exact) mass is 296 g/mol. The molecule has 0 radical (unpaired) electrons. The zero-order chi connectivity index (χ0) is 14.5. The van der Waals surface area contributed by atoms with Gasteiger partial charge < -0.3 is 15.2 Å². The summed E-state index contributed by atoms with van der Waals surface area (Å²) in [5.74, 6) is 0.840. The average molecular weight is 296 g/mol. The maximum Gasteiger partial charge on any atom is 0.327 e. The highest BCUT2D eigenvalue weighted by molar-refractivity contribution is 7.78. The number of nitrogens with one attached hydrogen (secondary N) is 1. The largest absolute Gasteiger partial charge is 0.497 e. The number of methoxy groups -OCH3 is 1. The molecule has 0 fully saturated rings. The van der Waals surface area contributed by atoms with E-state index in [4.69, 9.17) is 9.84 Å². The molecule has 1 unspecified atom stereocenters. The zero-order valence-electron chi connectivity index (χ0n) is 11.5. The van der Waals surface area contributed by atoms with Crippen molar-refractivity contribution < 1.29 is 14.6 Å². The van der Waals surface area contributed by atoms with E-state index in [1.807, 2.05) is 12.1 Å². The van der Waals surface area contributed by atoms with Gasteiger partial charge in [-0.3, -0.25) is 4.31 Å². The van der Waals surface area contributed by atoms with Crippen molar-refractivity contribution in [2.24, 2.45) is 0 Å². The normalized spacial score (nSPS) is 17.2. The van der Waals surface area contributed by atoms with E-state index < -0.39 is 0 Å². The smallest absolute Gasteiger partial charge is 0.327 e. The molecule has 1 aromatic rings. The number of carbonyl (C=O) groups is 1. The van der Waals surface area contributed by atoms with Crippen molar-refractivity contribution in [3.05, 3.63) is 29.3 Å². The fourth-order valence-corrected chi connectivity index (χ4v) is 2.58. The number of nitrogens with zero attached hydrogens (tertiary/aromatic N) is 1. The first kappa shape index (κ1) is 15.0. The van der Waals surface area contributed by atoms with Gasteiger partial charge in [-0.15, -0.1) is 0 Å². The predicted octanol–water partition coefficient (Wildman–Crippen LogP) is 1.40. The minimum Gasteiger partial charge on any atom is -0.497 e. The molecule has 0 saturated carbocycles. The first-order chi connectivity index (χ1) is 9.63. The second-order valence-electron chi connectivity index (χ2n) is 4.87. The number of fused-ring (bicyclic) bond motifs is 1. The van der Waals surface area contributed by atoms with Crippen LogP contribution < -0.4 is 10.1 Å². The number of hydrogen-bond donors (Lipinski definition) is 3. The second-order valence-corrected chi connectivity index (χ2v) is 5.35. The number of benzene rings is 1. The van der Waals surface area contributed by atoms with Crippen LogP contribution in [0, 0.1) is 0 Å².